The molecule has 3 N–H and O–H groups in total. The van der Waals surface area contributed by atoms with E-state index < -0.39 is 0 Å². The number of carbonyl (C=O) groups excluding carboxylic acids is 1. The van der Waals surface area contributed by atoms with E-state index in [1.807, 2.05) is 0 Å². The van der Waals surface area contributed by atoms with Gasteiger partial charge in [0.2, 0.25) is 0 Å². The molecule has 1 aromatic heterocycles. The number of hydrogen-bond acceptors (Lipinski definition) is 4. The minimum atomic E-state index is -0.330. The number of nitrogens with two attached hydrogens (primary N) is 1. The van der Waals surface area contributed by atoms with E-state index in [2.05, 4.69) is 5.32 Å². The third kappa shape index (κ3) is 3.93. The summed E-state index contributed by atoms with van der Waals surface area (Å²) < 4.78 is 6.75. The van der Waals surface area contributed by atoms with Crippen LogP contribution in [0.15, 0.2) is 47.4 Å². The molecule has 0 atom stereocenters. The second-order valence-electron chi connectivity index (χ2n) is 4.48. The van der Waals surface area contributed by atoms with E-state index in [1.165, 1.54) is 10.6 Å². The van der Waals surface area contributed by atoms with E-state index >= 15 is 0 Å². The van der Waals surface area contributed by atoms with Crippen molar-refractivity contribution in [1.29, 1.82) is 0 Å². The van der Waals surface area contributed by atoms with E-state index in [0.29, 0.717) is 30.2 Å². The Kier molecular flexibility index (Phi) is 4.73. The first-order chi connectivity index (χ1) is 10.1. The van der Waals surface area contributed by atoms with Crippen LogP contribution in [-0.4, -0.2) is 23.6 Å². The van der Waals surface area contributed by atoms with Crippen molar-refractivity contribution in [1.82, 2.24) is 4.57 Å². The normalized spacial score (nSPS) is 10.2. The van der Waals surface area contributed by atoms with Crippen molar-refractivity contribution in [2.75, 3.05) is 18.5 Å². The Morgan fingerprint density at radius 3 is 2.62 bits per heavy atom. The molecule has 1 heterocycles. The summed E-state index contributed by atoms with van der Waals surface area (Å²) in [6.45, 7) is 0.889. The zero-order valence-electron chi connectivity index (χ0n) is 11.7. The van der Waals surface area contributed by atoms with Gasteiger partial charge in [0.15, 0.2) is 0 Å². The predicted molar refractivity (Wildman–Crippen MR) is 80.6 cm³/mol. The second-order valence-corrected chi connectivity index (χ2v) is 4.48. The summed E-state index contributed by atoms with van der Waals surface area (Å²) in [6, 6.07) is 9.84. The summed E-state index contributed by atoms with van der Waals surface area (Å²) in [5.41, 5.74) is 6.07. The molecule has 0 aliphatic heterocycles. The van der Waals surface area contributed by atoms with Crippen molar-refractivity contribution >= 4 is 11.6 Å². The van der Waals surface area contributed by atoms with Gasteiger partial charge >= 0.3 is 0 Å². The quantitative estimate of drug-likeness (QED) is 0.858. The van der Waals surface area contributed by atoms with Gasteiger partial charge in [0.1, 0.15) is 12.4 Å². The van der Waals surface area contributed by atoms with Gasteiger partial charge in [0.25, 0.3) is 11.5 Å². The van der Waals surface area contributed by atoms with Gasteiger partial charge in [0.05, 0.1) is 0 Å². The zero-order valence-corrected chi connectivity index (χ0v) is 11.7. The van der Waals surface area contributed by atoms with Crippen LogP contribution in [0.2, 0.25) is 0 Å². The second kappa shape index (κ2) is 6.71. The lowest BCUT2D eigenvalue weighted by molar-refractivity contribution is 0.102. The van der Waals surface area contributed by atoms with Crippen LogP contribution in [-0.2, 0) is 7.05 Å². The Labute approximate surface area is 122 Å². The van der Waals surface area contributed by atoms with Gasteiger partial charge in [0, 0.05) is 37.1 Å². The first-order valence-electron chi connectivity index (χ1n) is 6.51. The largest absolute Gasteiger partial charge is 0.492 e. The van der Waals surface area contributed by atoms with Gasteiger partial charge in [-0.15, -0.1) is 0 Å². The highest BCUT2D eigenvalue weighted by Crippen LogP contribution is 2.16. The Bertz CT molecular complexity index is 677. The minimum Gasteiger partial charge on any atom is -0.492 e. The van der Waals surface area contributed by atoms with Gasteiger partial charge in [-0.2, -0.15) is 0 Å². The van der Waals surface area contributed by atoms with Crippen LogP contribution in [0, 0.1) is 0 Å². The van der Waals surface area contributed by atoms with E-state index in [4.69, 9.17) is 10.5 Å². The molecule has 0 spiro atoms. The molecule has 6 heteroatoms. The van der Waals surface area contributed by atoms with Gasteiger partial charge in [-0.05, 0) is 30.3 Å². The lowest BCUT2D eigenvalue weighted by Crippen LogP contribution is -2.19. The highest BCUT2D eigenvalue weighted by atomic mass is 16.5. The maximum atomic E-state index is 12.0. The van der Waals surface area contributed by atoms with Gasteiger partial charge < -0.3 is 20.4 Å². The number of nitrogens with one attached hydrogen (secondary N) is 1. The summed E-state index contributed by atoms with van der Waals surface area (Å²) in [7, 11) is 1.63. The molecule has 6 nitrogen and oxygen atoms in total. The Morgan fingerprint density at radius 1 is 1.29 bits per heavy atom. The van der Waals surface area contributed by atoms with Crippen LogP contribution in [0.1, 0.15) is 10.4 Å². The number of amides is 1. The summed E-state index contributed by atoms with van der Waals surface area (Å²) >= 11 is 0. The van der Waals surface area contributed by atoms with Crippen LogP contribution in [0.25, 0.3) is 0 Å². The number of ether oxygens (including phenoxy) is 1. The summed E-state index contributed by atoms with van der Waals surface area (Å²) in [5.74, 6) is 0.357. The van der Waals surface area contributed by atoms with Gasteiger partial charge in [-0.1, -0.05) is 0 Å². The molecule has 0 fully saturated rings. The molecule has 1 amide bonds. The van der Waals surface area contributed by atoms with E-state index in [-0.39, 0.29) is 11.5 Å². The molecule has 0 saturated heterocycles. The predicted octanol–water partition coefficient (Wildman–Crippen LogP) is 0.975. The molecule has 0 saturated carbocycles. The minimum absolute atomic E-state index is 0.229. The topological polar surface area (TPSA) is 86.3 Å². The molecule has 1 aromatic carbocycles. The summed E-state index contributed by atoms with van der Waals surface area (Å²) in [6.07, 6.45) is 1.56. The van der Waals surface area contributed by atoms with Gasteiger partial charge in [-0.3, -0.25) is 9.59 Å². The molecule has 0 aliphatic rings. The Morgan fingerprint density at radius 2 is 2.00 bits per heavy atom. The van der Waals surface area contributed by atoms with Crippen molar-refractivity contribution in [3.63, 3.8) is 0 Å². The number of aromatic nitrogens is 1. The van der Waals surface area contributed by atoms with Crippen LogP contribution in [0.4, 0.5) is 5.69 Å². The number of carbonyl (C=O) groups is 1. The molecule has 2 rings (SSSR count). The monoisotopic (exact) mass is 287 g/mol. The number of aryl methyl sites for hydroxylation is 1. The number of rotatable bonds is 5. The number of anilines is 1. The van der Waals surface area contributed by atoms with E-state index in [0.717, 1.165) is 0 Å². The summed E-state index contributed by atoms with van der Waals surface area (Å²) in [5, 5.41) is 2.72. The molecule has 21 heavy (non-hydrogen) atoms. The van der Waals surface area contributed by atoms with Gasteiger partial charge in [-0.25, -0.2) is 0 Å². The number of hydrogen-bond donors (Lipinski definition) is 2. The van der Waals surface area contributed by atoms with Crippen molar-refractivity contribution in [3.05, 3.63) is 58.5 Å². The van der Waals surface area contributed by atoms with Crippen molar-refractivity contribution in [3.8, 4) is 5.75 Å². The molecular weight excluding hydrogens is 270 g/mol. The van der Waals surface area contributed by atoms with E-state index in [1.54, 1.807) is 43.6 Å². The maximum Gasteiger partial charge on any atom is 0.255 e. The summed E-state index contributed by atoms with van der Waals surface area (Å²) in [4.78, 5) is 23.5. The van der Waals surface area contributed by atoms with Crippen LogP contribution in [0.5, 0.6) is 5.75 Å². The Balaban J connectivity index is 2.05. The van der Waals surface area contributed by atoms with Crippen molar-refractivity contribution in [2.45, 2.75) is 0 Å². The molecule has 2 aromatic rings. The first-order valence-corrected chi connectivity index (χ1v) is 6.51. The maximum absolute atomic E-state index is 12.0. The molecule has 110 valence electrons. The molecule has 0 aliphatic carbocycles. The van der Waals surface area contributed by atoms with Crippen molar-refractivity contribution < 1.29 is 9.53 Å². The van der Waals surface area contributed by atoms with Crippen LogP contribution >= 0.6 is 0 Å². The number of pyridine rings is 1. The lowest BCUT2D eigenvalue weighted by atomic mass is 10.2. The number of benzene rings is 1. The highest BCUT2D eigenvalue weighted by molar-refractivity contribution is 6.04. The average molecular weight is 287 g/mol. The molecule has 0 unspecified atom stereocenters. The highest BCUT2D eigenvalue weighted by Gasteiger charge is 2.07. The average Bonchev–Trinajstić information content (AvgIpc) is 2.49. The van der Waals surface area contributed by atoms with Crippen LogP contribution in [0.3, 0.4) is 0 Å². The smallest absolute Gasteiger partial charge is 0.255 e. The lowest BCUT2D eigenvalue weighted by Gasteiger charge is -2.08. The van der Waals surface area contributed by atoms with E-state index in [9.17, 15) is 9.59 Å². The third-order valence-electron chi connectivity index (χ3n) is 2.87. The molecular formula is C15H17N3O3. The number of nitrogens with zero attached hydrogens (tertiary/aromatic N) is 1. The van der Waals surface area contributed by atoms with Crippen LogP contribution < -0.4 is 21.3 Å². The van der Waals surface area contributed by atoms with Crippen molar-refractivity contribution in [2.24, 2.45) is 12.8 Å². The Hall–Kier alpha value is -2.60. The first kappa shape index (κ1) is 14.8. The standard InChI is InChI=1S/C15H17N3O3/c1-18-8-6-11(10-14(18)19)15(20)17-12-2-4-13(5-3-12)21-9-7-16/h2-6,8,10H,7,9,16H2,1H3,(H,17,20). The SMILES string of the molecule is Cn1ccc(C(=O)Nc2ccc(OCCN)cc2)cc1=O. The fraction of sp³-hybridized carbons (Fsp3) is 0.200. The fourth-order valence-electron chi connectivity index (χ4n) is 1.70. The molecule has 0 bridgehead atoms. The fourth-order valence-corrected chi connectivity index (χ4v) is 1.70. The zero-order chi connectivity index (χ0) is 15.2. The third-order valence-corrected chi connectivity index (χ3v) is 2.87. The molecule has 0 radical (unpaired) electrons.